The Morgan fingerprint density at radius 1 is 0.136 bits per heavy atom. The molecule has 0 aliphatic heterocycles. The third-order valence-corrected chi connectivity index (χ3v) is 24.9. The van der Waals surface area contributed by atoms with Crippen molar-refractivity contribution in [2.75, 3.05) is 0 Å². The molecule has 0 amide bonds. The lowest BCUT2D eigenvalue weighted by molar-refractivity contribution is 0.668. The fraction of sp³-hybridized carbons (Fsp3) is 0.0545. The zero-order valence-corrected chi connectivity index (χ0v) is 61.8. The quantitative estimate of drug-likeness (QED) is 0.115. The average Bonchev–Trinajstić information content (AvgIpc) is 1.38. The first kappa shape index (κ1) is 63.7. The minimum absolute atomic E-state index is 0.194. The molecule has 514 valence electrons. The zero-order valence-electron chi connectivity index (χ0n) is 61.8. The Morgan fingerprint density at radius 2 is 0.382 bits per heavy atom. The van der Waals surface area contributed by atoms with Gasteiger partial charge in [0.2, 0.25) is 0 Å². The molecule has 0 saturated carbocycles. The van der Waals surface area contributed by atoms with Gasteiger partial charge >= 0.3 is 0 Å². The highest BCUT2D eigenvalue weighted by atomic mass is 14.4. The number of hydrogen-bond donors (Lipinski definition) is 0. The Kier molecular flexibility index (Phi) is 14.2. The zero-order chi connectivity index (χ0) is 73.1. The summed E-state index contributed by atoms with van der Waals surface area (Å²) < 4.78 is 0. The lowest BCUT2D eigenvalue weighted by Crippen LogP contribution is -2.17. The van der Waals surface area contributed by atoms with Crippen LogP contribution in [0.15, 0.2) is 376 Å². The molecule has 2 aliphatic rings. The Balaban J connectivity index is 0.000000136. The van der Waals surface area contributed by atoms with E-state index in [4.69, 9.17) is 0 Å². The highest BCUT2D eigenvalue weighted by Gasteiger charge is 2.42. The summed E-state index contributed by atoms with van der Waals surface area (Å²) in [4.78, 5) is 0. The second kappa shape index (κ2) is 24.5. The fourth-order valence-corrected chi connectivity index (χ4v) is 20.6. The number of rotatable bonds is 6. The summed E-state index contributed by atoms with van der Waals surface area (Å²) in [5.41, 5.74) is 26.1. The van der Waals surface area contributed by atoms with E-state index < -0.39 is 0 Å². The maximum atomic E-state index is 2.45. The molecule has 0 spiro atoms. The lowest BCUT2D eigenvalue weighted by Gasteiger charge is -2.26. The van der Waals surface area contributed by atoms with Gasteiger partial charge in [-0.2, -0.15) is 0 Å². The lowest BCUT2D eigenvalue weighted by atomic mass is 9.76. The van der Waals surface area contributed by atoms with Crippen LogP contribution in [-0.4, -0.2) is 0 Å². The van der Waals surface area contributed by atoms with E-state index in [2.05, 4.69) is 404 Å². The molecule has 0 fully saturated rings. The molecule has 0 atom stereocenters. The Hall–Kier alpha value is -13.5. The largest absolute Gasteiger partial charge is 0.0616 e. The molecule has 2 aliphatic carbocycles. The minimum atomic E-state index is -0.203. The van der Waals surface area contributed by atoms with E-state index in [-0.39, 0.29) is 10.8 Å². The normalized spacial score (nSPS) is 13.2. The SMILES string of the molecule is CC1(C)c2c(-c3cccc(-c4c5ccccc5c(-c5cccc6c5ccc5ccccc56)c5ccccc45)c3)cccc2-c2c1c1ccccc1c1ccccc21.CC1(C)c2c(-c3cccc(-c4c5ccccc5c(-c5cccc6ccccc56)c5ccccc45)c3)cccc2-c2c1c1ccccc1c1ccccc21. The van der Waals surface area contributed by atoms with Crippen LogP contribution >= 0.6 is 0 Å². The molecular formula is C110H74. The van der Waals surface area contributed by atoms with Crippen molar-refractivity contribution in [2.45, 2.75) is 38.5 Å². The van der Waals surface area contributed by atoms with Gasteiger partial charge < -0.3 is 0 Å². The van der Waals surface area contributed by atoms with Gasteiger partial charge in [-0.25, -0.2) is 0 Å². The van der Waals surface area contributed by atoms with Crippen LogP contribution in [0.2, 0.25) is 0 Å². The van der Waals surface area contributed by atoms with Crippen LogP contribution in [0.1, 0.15) is 49.9 Å². The van der Waals surface area contributed by atoms with Gasteiger partial charge in [0, 0.05) is 10.8 Å². The van der Waals surface area contributed by atoms with Gasteiger partial charge in [0.25, 0.3) is 0 Å². The van der Waals surface area contributed by atoms with Gasteiger partial charge in [0.15, 0.2) is 0 Å². The molecule has 0 radical (unpaired) electrons. The van der Waals surface area contributed by atoms with Crippen molar-refractivity contribution in [1.29, 1.82) is 0 Å². The summed E-state index contributed by atoms with van der Waals surface area (Å²) in [5, 5.41) is 28.5. The van der Waals surface area contributed by atoms with Gasteiger partial charge in [0.05, 0.1) is 0 Å². The van der Waals surface area contributed by atoms with E-state index in [9.17, 15) is 0 Å². The van der Waals surface area contributed by atoms with E-state index in [0.717, 1.165) is 0 Å². The minimum Gasteiger partial charge on any atom is -0.0616 e. The van der Waals surface area contributed by atoms with Crippen LogP contribution in [0.25, 0.3) is 208 Å². The Labute approximate surface area is 640 Å². The maximum absolute atomic E-state index is 2.45. The summed E-state index contributed by atoms with van der Waals surface area (Å²) in [6.45, 7) is 9.72. The van der Waals surface area contributed by atoms with Crippen LogP contribution < -0.4 is 0 Å². The number of benzene rings is 21. The van der Waals surface area contributed by atoms with Crippen molar-refractivity contribution in [1.82, 2.24) is 0 Å². The predicted molar refractivity (Wildman–Crippen MR) is 473 cm³/mol. The second-order valence-corrected chi connectivity index (χ2v) is 31.4. The molecular weight excluding hydrogens is 1320 g/mol. The van der Waals surface area contributed by atoms with Crippen LogP contribution in [0.5, 0.6) is 0 Å². The van der Waals surface area contributed by atoms with E-state index >= 15 is 0 Å². The van der Waals surface area contributed by atoms with Gasteiger partial charge in [-0.15, -0.1) is 0 Å². The third-order valence-electron chi connectivity index (χ3n) is 24.9. The van der Waals surface area contributed by atoms with Gasteiger partial charge in [-0.1, -0.05) is 392 Å². The van der Waals surface area contributed by atoms with Crippen LogP contribution in [-0.2, 0) is 10.8 Å². The third kappa shape index (κ3) is 9.33. The summed E-state index contributed by atoms with van der Waals surface area (Å²) >= 11 is 0. The van der Waals surface area contributed by atoms with Crippen LogP contribution in [0.4, 0.5) is 0 Å². The summed E-state index contributed by atoms with van der Waals surface area (Å²) in [7, 11) is 0. The standard InChI is InChI=1S/C57H38.C53H36/c1-57(2)55-39(28-14-31-51(55)54-45-22-7-5-20-41(45)42-21-6-12-27-50(42)56(54)57)36-17-13-18-37(34-36)52-46-23-8-10-25-48(46)53(49-26-11-9-24-47(49)52)44-30-15-29-40-38-19-4-3-16-35(38)32-33-43(40)44;1-53(2)51-37(29-15-31-47(51)50-41-23-7-5-21-38(41)39-22-6-12-28-46(39)52(50)53)34-18-13-19-35(32-34)48-42-24-8-10-26-44(42)49(45-27-11-9-25-43(45)48)40-30-14-17-33-16-3-4-20-36(33)40/h3-34H,1-2H3;3-32H,1-2H3. The van der Waals surface area contributed by atoms with Gasteiger partial charge in [-0.3, -0.25) is 0 Å². The highest BCUT2D eigenvalue weighted by molar-refractivity contribution is 6.27. The van der Waals surface area contributed by atoms with Crippen molar-refractivity contribution in [3.63, 3.8) is 0 Å². The molecule has 21 aromatic carbocycles. The highest BCUT2D eigenvalue weighted by Crippen LogP contribution is 2.60. The van der Waals surface area contributed by atoms with Crippen molar-refractivity contribution in [3.8, 4) is 89.0 Å². The Morgan fingerprint density at radius 3 is 0.800 bits per heavy atom. The molecule has 21 aromatic rings. The van der Waals surface area contributed by atoms with Gasteiger partial charge in [-0.05, 0) is 242 Å². The van der Waals surface area contributed by atoms with E-state index in [1.54, 1.807) is 0 Å². The molecule has 0 aromatic heterocycles. The molecule has 0 heterocycles. The van der Waals surface area contributed by atoms with Crippen LogP contribution in [0.3, 0.4) is 0 Å². The first-order valence-corrected chi connectivity index (χ1v) is 38.8. The monoisotopic (exact) mass is 1390 g/mol. The summed E-state index contributed by atoms with van der Waals surface area (Å²) in [6, 6.07) is 140. The smallest absolute Gasteiger partial charge is 0.0171 e. The summed E-state index contributed by atoms with van der Waals surface area (Å²) in [5.74, 6) is 0. The fourth-order valence-electron chi connectivity index (χ4n) is 20.6. The van der Waals surface area contributed by atoms with Gasteiger partial charge in [0.1, 0.15) is 0 Å². The number of hydrogen-bond acceptors (Lipinski definition) is 0. The van der Waals surface area contributed by atoms with Crippen molar-refractivity contribution in [2.24, 2.45) is 0 Å². The van der Waals surface area contributed by atoms with Crippen molar-refractivity contribution >= 4 is 118 Å². The molecule has 23 rings (SSSR count). The summed E-state index contributed by atoms with van der Waals surface area (Å²) in [6.07, 6.45) is 0. The molecule has 110 heavy (non-hydrogen) atoms. The molecule has 0 saturated heterocycles. The van der Waals surface area contributed by atoms with Crippen LogP contribution in [0, 0.1) is 0 Å². The molecule has 0 bridgehead atoms. The molecule has 0 heteroatoms. The first-order chi connectivity index (χ1) is 54.2. The maximum Gasteiger partial charge on any atom is 0.0171 e. The first-order valence-electron chi connectivity index (χ1n) is 38.8. The van der Waals surface area contributed by atoms with E-state index in [0.29, 0.717) is 0 Å². The topological polar surface area (TPSA) is 0 Å². The molecule has 0 nitrogen and oxygen atoms in total. The molecule has 0 N–H and O–H groups in total. The van der Waals surface area contributed by atoms with E-state index in [1.807, 2.05) is 0 Å². The second-order valence-electron chi connectivity index (χ2n) is 31.4. The number of fused-ring (bicyclic) bond motifs is 24. The predicted octanol–water partition coefficient (Wildman–Crippen LogP) is 30.7. The molecule has 0 unspecified atom stereocenters. The van der Waals surface area contributed by atoms with E-state index in [1.165, 1.54) is 230 Å². The van der Waals surface area contributed by atoms with Crippen molar-refractivity contribution < 1.29 is 0 Å². The van der Waals surface area contributed by atoms with Crippen molar-refractivity contribution in [3.05, 3.63) is 398 Å². The average molecular weight is 1400 g/mol. The Bertz CT molecular complexity index is 7400.